The monoisotopic (exact) mass is 671 g/mol. The quantitative estimate of drug-likeness (QED) is 0.210. The molecule has 1 aliphatic heterocycles. The van der Waals surface area contributed by atoms with E-state index in [4.69, 9.17) is 0 Å². The van der Waals surface area contributed by atoms with E-state index < -0.39 is 41.8 Å². The zero-order valence-corrected chi connectivity index (χ0v) is 27.9. The molecule has 5 amide bonds. The van der Waals surface area contributed by atoms with Crippen LogP contribution >= 0.6 is 0 Å². The van der Waals surface area contributed by atoms with E-state index in [0.29, 0.717) is 41.1 Å². The summed E-state index contributed by atoms with van der Waals surface area (Å²) < 4.78 is 1.45. The molecule has 16 nitrogen and oxygen atoms in total. The Morgan fingerprint density at radius 2 is 1.63 bits per heavy atom. The van der Waals surface area contributed by atoms with Crippen LogP contribution in [0.4, 0.5) is 0 Å². The summed E-state index contributed by atoms with van der Waals surface area (Å²) in [4.78, 5) is 72.8. The van der Waals surface area contributed by atoms with Gasteiger partial charge in [0.1, 0.15) is 35.5 Å². The van der Waals surface area contributed by atoms with E-state index in [1.807, 2.05) is 44.2 Å². The maximum Gasteiger partial charge on any atom is 0.254 e. The van der Waals surface area contributed by atoms with Gasteiger partial charge in [0.2, 0.25) is 23.6 Å². The Bertz CT molecular complexity index is 1820. The Hall–Kier alpha value is -5.67. The van der Waals surface area contributed by atoms with Gasteiger partial charge >= 0.3 is 0 Å². The molecule has 0 fully saturated rings. The number of benzene rings is 2. The summed E-state index contributed by atoms with van der Waals surface area (Å²) in [6.45, 7) is 6.90. The average molecular weight is 672 g/mol. The summed E-state index contributed by atoms with van der Waals surface area (Å²) in [6.07, 6.45) is 0.656. The maximum absolute atomic E-state index is 13.6. The molecule has 3 atom stereocenters. The predicted molar refractivity (Wildman–Crippen MR) is 178 cm³/mol. The fourth-order valence-corrected chi connectivity index (χ4v) is 5.50. The van der Waals surface area contributed by atoms with Gasteiger partial charge in [-0.25, -0.2) is 9.67 Å². The highest BCUT2D eigenvalue weighted by Gasteiger charge is 2.29. The van der Waals surface area contributed by atoms with Gasteiger partial charge < -0.3 is 26.2 Å². The molecular formula is C33H41N11O5. The Labute approximate surface area is 282 Å². The summed E-state index contributed by atoms with van der Waals surface area (Å²) in [5, 5.41) is 26.3. The first-order valence-electron chi connectivity index (χ1n) is 16.2. The maximum atomic E-state index is 13.6. The van der Waals surface area contributed by atoms with E-state index in [1.165, 1.54) is 16.5 Å². The number of aromatic amines is 1. The Kier molecular flexibility index (Phi) is 11.0. The van der Waals surface area contributed by atoms with Crippen molar-refractivity contribution < 1.29 is 24.0 Å². The summed E-state index contributed by atoms with van der Waals surface area (Å²) in [7, 11) is 0. The van der Waals surface area contributed by atoms with Crippen LogP contribution in [0.5, 0.6) is 0 Å². The van der Waals surface area contributed by atoms with Gasteiger partial charge in [0.15, 0.2) is 5.82 Å². The van der Waals surface area contributed by atoms with Crippen LogP contribution in [0.25, 0.3) is 22.4 Å². The van der Waals surface area contributed by atoms with Crippen LogP contribution in [0.2, 0.25) is 0 Å². The smallest absolute Gasteiger partial charge is 0.254 e. The predicted octanol–water partition coefficient (Wildman–Crippen LogP) is 1.09. The van der Waals surface area contributed by atoms with E-state index in [0.717, 1.165) is 5.56 Å². The molecule has 4 aromatic rings. The van der Waals surface area contributed by atoms with Gasteiger partial charge in [0.05, 0.1) is 12.6 Å². The minimum Gasteiger partial charge on any atom is -0.354 e. The third-order valence-corrected chi connectivity index (χ3v) is 7.99. The van der Waals surface area contributed by atoms with E-state index in [1.54, 1.807) is 25.1 Å². The molecule has 0 saturated carbocycles. The molecule has 2 aromatic heterocycles. The second kappa shape index (κ2) is 15.5. The van der Waals surface area contributed by atoms with E-state index in [-0.39, 0.29) is 38.0 Å². The number of rotatable bonds is 4. The minimum atomic E-state index is -1.01. The fraction of sp³-hybridized carbons (Fsp3) is 0.424. The lowest BCUT2D eigenvalue weighted by atomic mass is 10.0. The van der Waals surface area contributed by atoms with Crippen molar-refractivity contribution in [3.8, 4) is 11.4 Å². The van der Waals surface area contributed by atoms with Crippen molar-refractivity contribution >= 4 is 40.6 Å². The topological polar surface area (TPSA) is 209 Å². The summed E-state index contributed by atoms with van der Waals surface area (Å²) in [6, 6.07) is 11.5. The lowest BCUT2D eigenvalue weighted by molar-refractivity contribution is -0.132. The number of nitrogens with zero attached hydrogens (tertiary/aromatic N) is 6. The first-order valence-corrected chi connectivity index (χ1v) is 16.2. The molecule has 0 saturated heterocycles. The van der Waals surface area contributed by atoms with Crippen molar-refractivity contribution in [1.82, 2.24) is 56.3 Å². The van der Waals surface area contributed by atoms with Crippen molar-refractivity contribution in [1.29, 1.82) is 0 Å². The Morgan fingerprint density at radius 1 is 0.878 bits per heavy atom. The standard InChI is InChI=1S/C33H41N11O5/c1-19(2)15-26-32(48)36-20(3)30-38-29(22-9-6-5-7-10-22)41-44(30)18-27(45)34-13-8-14-43(17-28(46)35-21(4)31(47)37-26)33(49)23-11-12-24-25(16-23)40-42-39-24/h5-7,9-12,16,19-21,26H,8,13-15,17-18H2,1-4H3,(H,34,45)(H,35,46)(H,36,48)(H,37,47)(H,39,40,42)/t20-,21+,26+/m0/s1. The molecular weight excluding hydrogens is 630 g/mol. The van der Waals surface area contributed by atoms with Crippen molar-refractivity contribution in [2.75, 3.05) is 19.6 Å². The number of carbonyl (C=O) groups is 5. The van der Waals surface area contributed by atoms with Crippen molar-refractivity contribution in [3.63, 3.8) is 0 Å². The number of carbonyl (C=O) groups excluding carboxylic acids is 5. The molecule has 5 N–H and O–H groups in total. The van der Waals surface area contributed by atoms with E-state index in [9.17, 15) is 24.0 Å². The van der Waals surface area contributed by atoms with Crippen LogP contribution in [0.1, 0.15) is 62.8 Å². The summed E-state index contributed by atoms with van der Waals surface area (Å²) >= 11 is 0. The van der Waals surface area contributed by atoms with Gasteiger partial charge in [0.25, 0.3) is 5.91 Å². The third-order valence-electron chi connectivity index (χ3n) is 7.99. The number of hydrogen-bond donors (Lipinski definition) is 5. The van der Waals surface area contributed by atoms with Crippen molar-refractivity contribution in [3.05, 3.63) is 59.9 Å². The Balaban J connectivity index is 1.42. The molecule has 2 aromatic carbocycles. The van der Waals surface area contributed by atoms with Crippen LogP contribution in [-0.4, -0.2) is 96.3 Å². The molecule has 49 heavy (non-hydrogen) atoms. The molecule has 3 heterocycles. The van der Waals surface area contributed by atoms with E-state index >= 15 is 0 Å². The van der Waals surface area contributed by atoms with Crippen molar-refractivity contribution in [2.24, 2.45) is 5.92 Å². The minimum absolute atomic E-state index is 0.0472. The molecule has 5 rings (SSSR count). The normalized spacial score (nSPS) is 20.3. The SMILES string of the molecule is CC(C)C[C@H]1NC(=O)[C@@H](C)NC(=O)CN(C(=O)c2ccc3n[nH]nc3c2)CCCNC(=O)Cn2nc(-c3ccccc3)nc2[C@H](C)NC1=O. The molecule has 1 aliphatic rings. The van der Waals surface area contributed by atoms with Gasteiger partial charge in [-0.1, -0.05) is 44.2 Å². The summed E-state index contributed by atoms with van der Waals surface area (Å²) in [5.74, 6) is -1.57. The largest absolute Gasteiger partial charge is 0.354 e. The van der Waals surface area contributed by atoms with Gasteiger partial charge in [-0.3, -0.25) is 24.0 Å². The second-order valence-electron chi connectivity index (χ2n) is 12.5. The molecule has 0 unspecified atom stereocenters. The number of nitrogens with one attached hydrogen (secondary N) is 5. The number of fused-ring (bicyclic) bond motifs is 2. The first-order chi connectivity index (χ1) is 23.5. The highest BCUT2D eigenvalue weighted by atomic mass is 16.2. The number of aromatic nitrogens is 6. The van der Waals surface area contributed by atoms with E-state index in [2.05, 4.69) is 46.8 Å². The highest BCUT2D eigenvalue weighted by molar-refractivity contribution is 5.99. The van der Waals surface area contributed by atoms with Crippen LogP contribution in [0, 0.1) is 5.92 Å². The number of H-pyrrole nitrogens is 1. The first kappa shape index (κ1) is 34.7. The molecule has 0 bridgehead atoms. The molecule has 0 aliphatic carbocycles. The van der Waals surface area contributed by atoms with Gasteiger partial charge in [-0.2, -0.15) is 20.5 Å². The lowest BCUT2D eigenvalue weighted by Crippen LogP contribution is -2.54. The highest BCUT2D eigenvalue weighted by Crippen LogP contribution is 2.20. The van der Waals surface area contributed by atoms with Crippen LogP contribution in [0.15, 0.2) is 48.5 Å². The number of amides is 5. The fourth-order valence-electron chi connectivity index (χ4n) is 5.50. The Morgan fingerprint density at radius 3 is 2.39 bits per heavy atom. The van der Waals surface area contributed by atoms with Crippen LogP contribution in [-0.2, 0) is 25.7 Å². The van der Waals surface area contributed by atoms with Crippen LogP contribution < -0.4 is 21.3 Å². The zero-order chi connectivity index (χ0) is 35.1. The molecule has 16 heteroatoms. The molecule has 258 valence electrons. The number of hydrogen-bond acceptors (Lipinski definition) is 9. The van der Waals surface area contributed by atoms with Gasteiger partial charge in [0, 0.05) is 24.2 Å². The molecule has 0 spiro atoms. The third kappa shape index (κ3) is 8.82. The average Bonchev–Trinajstić information content (AvgIpc) is 3.72. The van der Waals surface area contributed by atoms with Gasteiger partial charge in [-0.05, 0) is 50.8 Å². The summed E-state index contributed by atoms with van der Waals surface area (Å²) in [5.41, 5.74) is 2.11. The lowest BCUT2D eigenvalue weighted by Gasteiger charge is -2.25. The van der Waals surface area contributed by atoms with Crippen LogP contribution in [0.3, 0.4) is 0 Å². The van der Waals surface area contributed by atoms with Gasteiger partial charge in [-0.15, -0.1) is 0 Å². The van der Waals surface area contributed by atoms with Crippen molar-refractivity contribution in [2.45, 2.75) is 65.2 Å². The zero-order valence-electron chi connectivity index (χ0n) is 27.9. The molecule has 0 radical (unpaired) electrons. The second-order valence-corrected chi connectivity index (χ2v) is 12.5.